The van der Waals surface area contributed by atoms with Gasteiger partial charge in [-0.05, 0) is 49.1 Å². The third-order valence-corrected chi connectivity index (χ3v) is 5.71. The predicted octanol–water partition coefficient (Wildman–Crippen LogP) is 2.98. The van der Waals surface area contributed by atoms with Gasteiger partial charge in [0.15, 0.2) is 11.5 Å². The summed E-state index contributed by atoms with van der Waals surface area (Å²) in [5, 5.41) is 0. The van der Waals surface area contributed by atoms with Crippen LogP contribution in [0.4, 0.5) is 0 Å². The van der Waals surface area contributed by atoms with Crippen molar-refractivity contribution in [2.24, 2.45) is 5.92 Å². The summed E-state index contributed by atoms with van der Waals surface area (Å²) in [5.41, 5.74) is 2.80. The number of likely N-dealkylation sites (N-methyl/N-ethyl adjacent to an activating group) is 1. The van der Waals surface area contributed by atoms with Gasteiger partial charge in [-0.3, -0.25) is 4.90 Å². The summed E-state index contributed by atoms with van der Waals surface area (Å²) in [7, 11) is 5.68. The Morgan fingerprint density at radius 2 is 1.92 bits per heavy atom. The van der Waals surface area contributed by atoms with Crippen molar-refractivity contribution in [1.82, 2.24) is 9.80 Å². The monoisotopic (exact) mass is 362 g/mol. The smallest absolute Gasteiger partial charge is 0.161 e. The molecule has 0 aromatic heterocycles. The second kappa shape index (κ2) is 8.59. The van der Waals surface area contributed by atoms with Gasteiger partial charge < -0.3 is 19.1 Å². The first-order chi connectivity index (χ1) is 12.5. The Kier molecular flexibility index (Phi) is 6.43. The molecule has 1 unspecified atom stereocenters. The van der Waals surface area contributed by atoms with Crippen LogP contribution < -0.4 is 9.47 Å². The number of hydrogen-bond donors (Lipinski definition) is 0. The number of piperazine rings is 1. The summed E-state index contributed by atoms with van der Waals surface area (Å²) >= 11 is 0. The molecule has 0 aliphatic carbocycles. The van der Waals surface area contributed by atoms with Crippen LogP contribution in [0.3, 0.4) is 0 Å². The number of ether oxygens (including phenoxy) is 3. The first kappa shape index (κ1) is 19.5. The van der Waals surface area contributed by atoms with E-state index in [9.17, 15) is 0 Å². The molecular weight excluding hydrogens is 328 g/mol. The highest BCUT2D eigenvalue weighted by Gasteiger charge is 2.36. The van der Waals surface area contributed by atoms with Crippen LogP contribution in [0, 0.1) is 5.92 Å². The zero-order valence-corrected chi connectivity index (χ0v) is 17.0. The van der Waals surface area contributed by atoms with Gasteiger partial charge in [-0.15, -0.1) is 0 Å². The van der Waals surface area contributed by atoms with Crippen molar-refractivity contribution in [3.8, 4) is 11.5 Å². The Morgan fingerprint density at radius 1 is 1.12 bits per heavy atom. The number of hydrogen-bond acceptors (Lipinski definition) is 5. The standard InChI is InChI=1S/C21H34N2O3/c1-15(2)10-17-13-23-7-6-16-11-21(26-9-8-24-4)20(25-5)12-18(16)19(23)14-22(17)3/h11-12,15,17,19H,6-10,13-14H2,1-5H3/t17?,19-/m1/s1. The fraction of sp³-hybridized carbons (Fsp3) is 0.714. The van der Waals surface area contributed by atoms with Crippen LogP contribution in [0.5, 0.6) is 11.5 Å². The van der Waals surface area contributed by atoms with E-state index in [0.717, 1.165) is 43.5 Å². The van der Waals surface area contributed by atoms with Crippen LogP contribution in [0.25, 0.3) is 0 Å². The summed E-state index contributed by atoms with van der Waals surface area (Å²) < 4.78 is 16.6. The quantitative estimate of drug-likeness (QED) is 0.697. The van der Waals surface area contributed by atoms with Gasteiger partial charge in [0.2, 0.25) is 0 Å². The van der Waals surface area contributed by atoms with Crippen molar-refractivity contribution in [2.45, 2.75) is 38.8 Å². The van der Waals surface area contributed by atoms with Gasteiger partial charge in [-0.2, -0.15) is 0 Å². The summed E-state index contributed by atoms with van der Waals surface area (Å²) in [6.45, 7) is 9.14. The fourth-order valence-electron chi connectivity index (χ4n) is 4.33. The van der Waals surface area contributed by atoms with Gasteiger partial charge in [0, 0.05) is 38.8 Å². The van der Waals surface area contributed by atoms with Crippen molar-refractivity contribution in [3.05, 3.63) is 23.3 Å². The molecule has 26 heavy (non-hydrogen) atoms. The van der Waals surface area contributed by atoms with E-state index < -0.39 is 0 Å². The SMILES string of the molecule is COCCOc1cc2c(cc1OC)[C@H]1CN(C)C(CC(C)C)CN1CC2. The Morgan fingerprint density at radius 3 is 2.62 bits per heavy atom. The number of nitrogens with zero attached hydrogens (tertiary/aromatic N) is 2. The highest BCUT2D eigenvalue weighted by atomic mass is 16.5. The number of rotatable bonds is 7. The lowest BCUT2D eigenvalue weighted by Gasteiger charge is -2.48. The van der Waals surface area contributed by atoms with E-state index in [0.29, 0.717) is 25.3 Å². The molecule has 1 saturated heterocycles. The second-order valence-electron chi connectivity index (χ2n) is 8.03. The maximum Gasteiger partial charge on any atom is 0.161 e. The molecule has 1 fully saturated rings. The highest BCUT2D eigenvalue weighted by Crippen LogP contribution is 2.40. The van der Waals surface area contributed by atoms with Crippen LogP contribution in [0.1, 0.15) is 37.4 Å². The van der Waals surface area contributed by atoms with E-state index in [1.807, 2.05) is 0 Å². The summed E-state index contributed by atoms with van der Waals surface area (Å²) in [4.78, 5) is 5.21. The normalized spacial score (nSPS) is 23.6. The van der Waals surface area contributed by atoms with E-state index >= 15 is 0 Å². The molecule has 1 aromatic carbocycles. The van der Waals surface area contributed by atoms with Crippen molar-refractivity contribution in [2.75, 3.05) is 54.1 Å². The minimum absolute atomic E-state index is 0.453. The van der Waals surface area contributed by atoms with Crippen LogP contribution in [0.15, 0.2) is 12.1 Å². The fourth-order valence-corrected chi connectivity index (χ4v) is 4.33. The molecule has 5 heteroatoms. The first-order valence-electron chi connectivity index (χ1n) is 9.80. The predicted molar refractivity (Wildman–Crippen MR) is 104 cm³/mol. The van der Waals surface area contributed by atoms with Crippen molar-refractivity contribution < 1.29 is 14.2 Å². The lowest BCUT2D eigenvalue weighted by atomic mass is 9.88. The molecule has 146 valence electrons. The number of methoxy groups -OCH3 is 2. The van der Waals surface area contributed by atoms with E-state index in [1.54, 1.807) is 14.2 Å². The van der Waals surface area contributed by atoms with Gasteiger partial charge in [0.25, 0.3) is 0 Å². The summed E-state index contributed by atoms with van der Waals surface area (Å²) in [6.07, 6.45) is 2.34. The molecule has 0 spiro atoms. The van der Waals surface area contributed by atoms with Crippen LogP contribution in [0.2, 0.25) is 0 Å². The largest absolute Gasteiger partial charge is 0.493 e. The third-order valence-electron chi connectivity index (χ3n) is 5.71. The Balaban J connectivity index is 1.80. The number of benzene rings is 1. The van der Waals surface area contributed by atoms with Crippen LogP contribution in [-0.2, 0) is 11.2 Å². The average Bonchev–Trinajstić information content (AvgIpc) is 2.61. The first-order valence-corrected chi connectivity index (χ1v) is 9.80. The molecule has 5 nitrogen and oxygen atoms in total. The van der Waals surface area contributed by atoms with Crippen molar-refractivity contribution in [1.29, 1.82) is 0 Å². The van der Waals surface area contributed by atoms with Crippen molar-refractivity contribution in [3.63, 3.8) is 0 Å². The molecule has 3 rings (SSSR count). The van der Waals surface area contributed by atoms with Gasteiger partial charge >= 0.3 is 0 Å². The molecule has 2 heterocycles. The lowest BCUT2D eigenvalue weighted by Crippen LogP contribution is -2.55. The van der Waals surface area contributed by atoms with Gasteiger partial charge in [-0.25, -0.2) is 0 Å². The molecule has 2 atom stereocenters. The molecule has 0 radical (unpaired) electrons. The molecule has 0 bridgehead atoms. The van der Waals surface area contributed by atoms with Crippen LogP contribution >= 0.6 is 0 Å². The Labute approximate surface area is 158 Å². The highest BCUT2D eigenvalue weighted by molar-refractivity contribution is 5.49. The lowest BCUT2D eigenvalue weighted by molar-refractivity contribution is 0.0294. The molecule has 0 N–H and O–H groups in total. The molecule has 0 saturated carbocycles. The van der Waals surface area contributed by atoms with Gasteiger partial charge in [-0.1, -0.05) is 13.8 Å². The maximum absolute atomic E-state index is 5.88. The zero-order valence-electron chi connectivity index (χ0n) is 17.0. The molecule has 2 aliphatic rings. The zero-order chi connectivity index (χ0) is 18.7. The van der Waals surface area contributed by atoms with E-state index in [-0.39, 0.29) is 0 Å². The van der Waals surface area contributed by atoms with Crippen LogP contribution in [-0.4, -0.2) is 70.0 Å². The van der Waals surface area contributed by atoms with Gasteiger partial charge in [0.05, 0.1) is 13.7 Å². The van der Waals surface area contributed by atoms with Crippen molar-refractivity contribution >= 4 is 0 Å². The third kappa shape index (κ3) is 4.16. The minimum atomic E-state index is 0.453. The average molecular weight is 363 g/mol. The van der Waals surface area contributed by atoms with E-state index in [2.05, 4.69) is 42.8 Å². The Bertz CT molecular complexity index is 605. The summed E-state index contributed by atoms with van der Waals surface area (Å²) in [5.74, 6) is 2.40. The number of fused-ring (bicyclic) bond motifs is 3. The Hall–Kier alpha value is -1.30. The topological polar surface area (TPSA) is 34.2 Å². The van der Waals surface area contributed by atoms with E-state index in [4.69, 9.17) is 14.2 Å². The molecule has 2 aliphatic heterocycles. The minimum Gasteiger partial charge on any atom is -0.493 e. The maximum atomic E-state index is 5.88. The van der Waals surface area contributed by atoms with Gasteiger partial charge in [0.1, 0.15) is 6.61 Å². The second-order valence-corrected chi connectivity index (χ2v) is 8.03. The molecule has 0 amide bonds. The molecular formula is C21H34N2O3. The summed E-state index contributed by atoms with van der Waals surface area (Å²) in [6, 6.07) is 5.49. The van der Waals surface area contributed by atoms with E-state index in [1.165, 1.54) is 17.5 Å². The molecule has 1 aromatic rings.